The molecule has 0 saturated heterocycles. The number of hydrogen-bond donors (Lipinski definition) is 1. The van der Waals surface area contributed by atoms with E-state index in [4.69, 9.17) is 23.9 Å². The number of aromatic nitrogens is 2. The van der Waals surface area contributed by atoms with Gasteiger partial charge in [-0.05, 0) is 67.8 Å². The highest BCUT2D eigenvalue weighted by Crippen LogP contribution is 2.29. The number of aryl methyl sites for hydroxylation is 1. The molecule has 1 heterocycles. The van der Waals surface area contributed by atoms with Gasteiger partial charge in [-0.15, -0.1) is 0 Å². The number of allylic oxidation sites excluding steroid dienone is 1. The van der Waals surface area contributed by atoms with Crippen LogP contribution in [0.5, 0.6) is 23.0 Å². The number of carbonyl (C=O) groups is 1. The second kappa shape index (κ2) is 13.4. The molecule has 4 rings (SSSR count). The van der Waals surface area contributed by atoms with E-state index in [2.05, 4.69) is 16.0 Å². The number of hydrogen-bond acceptors (Lipinski definition) is 6. The molecular formula is C31H35N3O5. The van der Waals surface area contributed by atoms with Gasteiger partial charge in [0.25, 0.3) is 5.91 Å². The molecule has 0 radical (unpaired) electrons. The highest BCUT2D eigenvalue weighted by molar-refractivity contribution is 5.94. The van der Waals surface area contributed by atoms with E-state index in [1.807, 2.05) is 55.5 Å². The highest BCUT2D eigenvalue weighted by Gasteiger charge is 2.14. The molecule has 0 aliphatic heterocycles. The Labute approximate surface area is 229 Å². The topological polar surface area (TPSA) is 83.8 Å². The molecule has 1 N–H and O–H groups in total. The Morgan fingerprint density at radius 3 is 2.41 bits per heavy atom. The van der Waals surface area contributed by atoms with Gasteiger partial charge in [-0.1, -0.05) is 30.4 Å². The number of rotatable bonds is 13. The fraction of sp³-hybridized carbons (Fsp3) is 0.290. The first kappa shape index (κ1) is 27.6. The van der Waals surface area contributed by atoms with Crippen LogP contribution in [0.2, 0.25) is 0 Å². The molecule has 8 nitrogen and oxygen atoms in total. The molecule has 0 unspecified atom stereocenters. The lowest BCUT2D eigenvalue weighted by atomic mass is 10.2. The Balaban J connectivity index is 1.38. The van der Waals surface area contributed by atoms with Crippen LogP contribution in [0.25, 0.3) is 17.1 Å². The summed E-state index contributed by atoms with van der Waals surface area (Å²) in [4.78, 5) is 17.7. The lowest BCUT2D eigenvalue weighted by Gasteiger charge is -2.13. The predicted molar refractivity (Wildman–Crippen MR) is 153 cm³/mol. The van der Waals surface area contributed by atoms with Crippen LogP contribution in [0, 0.1) is 0 Å². The number of carbonyl (C=O) groups excluding carboxylic acids is 1. The van der Waals surface area contributed by atoms with Crippen molar-refractivity contribution in [2.75, 3.05) is 27.9 Å². The highest BCUT2D eigenvalue weighted by atomic mass is 16.5. The number of benzene rings is 3. The zero-order valence-electron chi connectivity index (χ0n) is 22.9. The second-order valence-electron chi connectivity index (χ2n) is 8.89. The summed E-state index contributed by atoms with van der Waals surface area (Å²) in [7, 11) is 4.76. The van der Waals surface area contributed by atoms with E-state index in [-0.39, 0.29) is 5.91 Å². The quantitative estimate of drug-likeness (QED) is 0.218. The van der Waals surface area contributed by atoms with Crippen molar-refractivity contribution in [2.45, 2.75) is 32.9 Å². The van der Waals surface area contributed by atoms with Crippen LogP contribution in [0.3, 0.4) is 0 Å². The molecule has 204 valence electrons. The number of imidazole rings is 1. The molecule has 0 atom stereocenters. The van der Waals surface area contributed by atoms with Gasteiger partial charge in [-0.25, -0.2) is 4.98 Å². The lowest BCUT2D eigenvalue weighted by Crippen LogP contribution is -2.25. The molecule has 1 amide bonds. The van der Waals surface area contributed by atoms with Crippen LogP contribution >= 0.6 is 0 Å². The van der Waals surface area contributed by atoms with Crippen molar-refractivity contribution >= 4 is 23.0 Å². The van der Waals surface area contributed by atoms with Crippen LogP contribution < -0.4 is 24.3 Å². The van der Waals surface area contributed by atoms with E-state index < -0.39 is 0 Å². The van der Waals surface area contributed by atoms with Crippen LogP contribution in [0.1, 0.15) is 41.5 Å². The van der Waals surface area contributed by atoms with Crippen molar-refractivity contribution in [3.05, 3.63) is 83.7 Å². The van der Waals surface area contributed by atoms with Crippen LogP contribution in [-0.2, 0) is 13.1 Å². The Morgan fingerprint density at radius 2 is 1.64 bits per heavy atom. The van der Waals surface area contributed by atoms with Gasteiger partial charge in [0.1, 0.15) is 5.82 Å². The Morgan fingerprint density at radius 1 is 0.897 bits per heavy atom. The summed E-state index contributed by atoms with van der Waals surface area (Å²) in [5.41, 5.74) is 3.49. The maximum absolute atomic E-state index is 12.9. The largest absolute Gasteiger partial charge is 0.493 e. The van der Waals surface area contributed by atoms with E-state index >= 15 is 0 Å². The smallest absolute Gasteiger partial charge is 0.251 e. The summed E-state index contributed by atoms with van der Waals surface area (Å²) in [5.74, 6) is 3.12. The molecule has 0 aliphatic carbocycles. The first-order valence-corrected chi connectivity index (χ1v) is 13.0. The Bertz CT molecular complexity index is 1440. The maximum atomic E-state index is 12.9. The third-order valence-corrected chi connectivity index (χ3v) is 6.37. The standard InChI is InChI=1S/C31H35N3O5/c1-5-10-22-13-15-27(28(19-22)37-3)39-18-9-8-17-34-25-12-7-6-11-24(25)33-30(34)21-32-31(35)23-14-16-26(36-2)29(20-23)38-4/h5-7,10-16,19-20H,8-9,17-18,21H2,1-4H3,(H,32,35)/b10-5+. The molecule has 4 aromatic rings. The first-order valence-electron chi connectivity index (χ1n) is 13.0. The fourth-order valence-corrected chi connectivity index (χ4v) is 4.40. The van der Waals surface area contributed by atoms with Gasteiger partial charge in [0.2, 0.25) is 0 Å². The lowest BCUT2D eigenvalue weighted by molar-refractivity contribution is 0.0949. The van der Waals surface area contributed by atoms with Crippen molar-refractivity contribution in [1.82, 2.24) is 14.9 Å². The monoisotopic (exact) mass is 529 g/mol. The molecule has 0 bridgehead atoms. The van der Waals surface area contributed by atoms with Crippen molar-refractivity contribution in [1.29, 1.82) is 0 Å². The molecule has 0 aliphatic rings. The van der Waals surface area contributed by atoms with Gasteiger partial charge in [0.15, 0.2) is 23.0 Å². The summed E-state index contributed by atoms with van der Waals surface area (Å²) in [6, 6.07) is 19.0. The number of nitrogens with one attached hydrogen (secondary N) is 1. The number of ether oxygens (including phenoxy) is 4. The van der Waals surface area contributed by atoms with Gasteiger partial charge >= 0.3 is 0 Å². The zero-order chi connectivity index (χ0) is 27.6. The number of unbranched alkanes of at least 4 members (excludes halogenated alkanes) is 1. The first-order chi connectivity index (χ1) is 19.1. The van der Waals surface area contributed by atoms with Gasteiger partial charge in [-0.2, -0.15) is 0 Å². The minimum Gasteiger partial charge on any atom is -0.493 e. The number of amides is 1. The van der Waals surface area contributed by atoms with Gasteiger partial charge in [0.05, 0.1) is 45.5 Å². The molecule has 8 heteroatoms. The Kier molecular flexibility index (Phi) is 9.45. The molecular weight excluding hydrogens is 494 g/mol. The minimum absolute atomic E-state index is 0.211. The van der Waals surface area contributed by atoms with Crippen LogP contribution in [0.4, 0.5) is 0 Å². The summed E-state index contributed by atoms with van der Waals surface area (Å²) >= 11 is 0. The SMILES string of the molecule is C/C=C/c1ccc(OCCCCn2c(CNC(=O)c3ccc(OC)c(OC)c3)nc3ccccc32)c(OC)c1. The van der Waals surface area contributed by atoms with Crippen LogP contribution in [-0.4, -0.2) is 43.4 Å². The maximum Gasteiger partial charge on any atom is 0.251 e. The summed E-state index contributed by atoms with van der Waals surface area (Å²) in [6.45, 7) is 3.60. The summed E-state index contributed by atoms with van der Waals surface area (Å²) < 4.78 is 24.3. The van der Waals surface area contributed by atoms with Crippen molar-refractivity contribution in [2.24, 2.45) is 0 Å². The minimum atomic E-state index is -0.211. The number of nitrogens with zero attached hydrogens (tertiary/aromatic N) is 2. The summed E-state index contributed by atoms with van der Waals surface area (Å²) in [6.07, 6.45) is 5.75. The molecule has 1 aromatic heterocycles. The van der Waals surface area contributed by atoms with Crippen molar-refractivity contribution in [3.63, 3.8) is 0 Å². The number of methoxy groups -OCH3 is 3. The van der Waals surface area contributed by atoms with Crippen LogP contribution in [0.15, 0.2) is 66.7 Å². The van der Waals surface area contributed by atoms with E-state index in [9.17, 15) is 4.79 Å². The van der Waals surface area contributed by atoms with Gasteiger partial charge in [0, 0.05) is 12.1 Å². The predicted octanol–water partition coefficient (Wildman–Crippen LogP) is 5.88. The van der Waals surface area contributed by atoms with E-state index in [1.165, 1.54) is 0 Å². The van der Waals surface area contributed by atoms with Crippen molar-refractivity contribution in [3.8, 4) is 23.0 Å². The van der Waals surface area contributed by atoms with E-state index in [0.717, 1.165) is 53.3 Å². The normalized spacial score (nSPS) is 11.1. The molecule has 0 spiro atoms. The molecule has 0 saturated carbocycles. The van der Waals surface area contributed by atoms with E-state index in [1.54, 1.807) is 39.5 Å². The zero-order valence-corrected chi connectivity index (χ0v) is 22.9. The Hall–Kier alpha value is -4.46. The van der Waals surface area contributed by atoms with Crippen molar-refractivity contribution < 1.29 is 23.7 Å². The second-order valence-corrected chi connectivity index (χ2v) is 8.89. The molecule has 3 aromatic carbocycles. The third kappa shape index (κ3) is 6.71. The fourth-order valence-electron chi connectivity index (χ4n) is 4.40. The molecule has 39 heavy (non-hydrogen) atoms. The van der Waals surface area contributed by atoms with E-state index in [0.29, 0.717) is 30.2 Å². The van der Waals surface area contributed by atoms with Gasteiger partial charge in [-0.3, -0.25) is 4.79 Å². The average molecular weight is 530 g/mol. The number of para-hydroxylation sites is 2. The summed E-state index contributed by atoms with van der Waals surface area (Å²) in [5, 5.41) is 2.99. The number of fused-ring (bicyclic) bond motifs is 1. The van der Waals surface area contributed by atoms with Gasteiger partial charge < -0.3 is 28.8 Å². The third-order valence-electron chi connectivity index (χ3n) is 6.37. The molecule has 0 fully saturated rings. The average Bonchev–Trinajstić information content (AvgIpc) is 3.33.